The van der Waals surface area contributed by atoms with Gasteiger partial charge < -0.3 is 19.9 Å². The van der Waals surface area contributed by atoms with Crippen LogP contribution < -0.4 is 5.73 Å². The van der Waals surface area contributed by atoms with Gasteiger partial charge >= 0.3 is 0 Å². The van der Waals surface area contributed by atoms with E-state index in [9.17, 15) is 0 Å². The lowest BCUT2D eigenvalue weighted by atomic mass is 9.92. The summed E-state index contributed by atoms with van der Waals surface area (Å²) in [5.41, 5.74) is 5.57. The molecule has 0 amide bonds. The first-order chi connectivity index (χ1) is 10.7. The number of unbranched alkanes of at least 4 members (excludes halogenated alkanes) is 7. The van der Waals surface area contributed by atoms with Crippen molar-refractivity contribution < 1.29 is 14.2 Å². The Balaban J connectivity index is 4.32. The van der Waals surface area contributed by atoms with Gasteiger partial charge in [-0.05, 0) is 25.8 Å². The van der Waals surface area contributed by atoms with Crippen molar-refractivity contribution in [1.29, 1.82) is 0 Å². The maximum Gasteiger partial charge on any atom is 0.285 e. The van der Waals surface area contributed by atoms with Crippen molar-refractivity contribution >= 4 is 0 Å². The molecule has 0 aromatic heterocycles. The third kappa shape index (κ3) is 8.47. The molecule has 0 bridgehead atoms. The van der Waals surface area contributed by atoms with Crippen LogP contribution in [-0.4, -0.2) is 33.8 Å². The Hall–Kier alpha value is -0.160. The van der Waals surface area contributed by atoms with Crippen molar-refractivity contribution in [2.45, 2.75) is 83.5 Å². The van der Waals surface area contributed by atoms with E-state index in [0.29, 0.717) is 0 Å². The van der Waals surface area contributed by atoms with E-state index in [1.807, 2.05) is 0 Å². The lowest BCUT2D eigenvalue weighted by Gasteiger charge is -2.36. The lowest BCUT2D eigenvalue weighted by Crippen LogP contribution is -2.44. The molecule has 22 heavy (non-hydrogen) atoms. The van der Waals surface area contributed by atoms with Gasteiger partial charge in [-0.3, -0.25) is 0 Å². The van der Waals surface area contributed by atoms with Gasteiger partial charge in [0.1, 0.15) is 0 Å². The van der Waals surface area contributed by atoms with Gasteiger partial charge in [-0.1, -0.05) is 58.3 Å². The Bertz CT molecular complexity index is 224. The molecule has 0 rings (SSSR count). The molecule has 0 spiro atoms. The van der Waals surface area contributed by atoms with Crippen molar-refractivity contribution in [1.82, 2.24) is 0 Å². The zero-order valence-electron chi connectivity index (χ0n) is 15.4. The second-order valence-electron chi connectivity index (χ2n) is 6.11. The molecule has 0 aromatic carbocycles. The van der Waals surface area contributed by atoms with Crippen LogP contribution in [0.15, 0.2) is 0 Å². The van der Waals surface area contributed by atoms with E-state index >= 15 is 0 Å². The Morgan fingerprint density at radius 1 is 0.727 bits per heavy atom. The van der Waals surface area contributed by atoms with Gasteiger partial charge in [0, 0.05) is 27.2 Å². The minimum atomic E-state index is -0.897. The van der Waals surface area contributed by atoms with Crippen molar-refractivity contribution in [2.24, 2.45) is 11.7 Å². The second kappa shape index (κ2) is 14.4. The van der Waals surface area contributed by atoms with Crippen molar-refractivity contribution in [3.63, 3.8) is 0 Å². The first-order valence-electron chi connectivity index (χ1n) is 9.06. The first kappa shape index (κ1) is 21.8. The SMILES string of the molecule is CCCCCCCCC(CCCCCN)C(OC)(OC)OC. The predicted molar refractivity (Wildman–Crippen MR) is 92.8 cm³/mol. The summed E-state index contributed by atoms with van der Waals surface area (Å²) < 4.78 is 16.7. The van der Waals surface area contributed by atoms with Gasteiger partial charge in [-0.25, -0.2) is 0 Å². The number of hydrogen-bond acceptors (Lipinski definition) is 4. The summed E-state index contributed by atoms with van der Waals surface area (Å²) in [4.78, 5) is 0. The third-order valence-electron chi connectivity index (χ3n) is 4.52. The van der Waals surface area contributed by atoms with Gasteiger partial charge in [-0.2, -0.15) is 0 Å². The van der Waals surface area contributed by atoms with Gasteiger partial charge in [0.05, 0.1) is 0 Å². The molecule has 0 fully saturated rings. The highest BCUT2D eigenvalue weighted by Gasteiger charge is 2.39. The zero-order valence-corrected chi connectivity index (χ0v) is 15.4. The fraction of sp³-hybridized carbons (Fsp3) is 1.00. The van der Waals surface area contributed by atoms with E-state index in [-0.39, 0.29) is 5.92 Å². The highest BCUT2D eigenvalue weighted by atomic mass is 16.9. The standard InChI is InChI=1S/C18H39NO3/c1-5-6-7-8-9-11-14-17(15-12-10-13-16-19)18(20-2,21-3)22-4/h17H,5-16,19H2,1-4H3. The monoisotopic (exact) mass is 317 g/mol. The van der Waals surface area contributed by atoms with Gasteiger partial charge in [-0.15, -0.1) is 0 Å². The van der Waals surface area contributed by atoms with E-state index in [1.54, 1.807) is 21.3 Å². The molecule has 0 aliphatic heterocycles. The number of hydrogen-bond donors (Lipinski definition) is 1. The summed E-state index contributed by atoms with van der Waals surface area (Å²) in [6.45, 7) is 3.02. The van der Waals surface area contributed by atoms with Crippen molar-refractivity contribution in [3.05, 3.63) is 0 Å². The molecule has 0 radical (unpaired) electrons. The van der Waals surface area contributed by atoms with Gasteiger partial charge in [0.2, 0.25) is 0 Å². The Morgan fingerprint density at radius 2 is 1.18 bits per heavy atom. The number of rotatable bonds is 16. The van der Waals surface area contributed by atoms with Crippen molar-refractivity contribution in [3.8, 4) is 0 Å². The normalized spacial score (nSPS) is 13.5. The minimum Gasteiger partial charge on any atom is -0.331 e. The average molecular weight is 318 g/mol. The number of nitrogens with two attached hydrogens (primary N) is 1. The van der Waals surface area contributed by atoms with E-state index in [1.165, 1.54) is 38.5 Å². The van der Waals surface area contributed by atoms with Crippen LogP contribution in [0.25, 0.3) is 0 Å². The first-order valence-corrected chi connectivity index (χ1v) is 9.06. The quantitative estimate of drug-likeness (QED) is 0.337. The molecule has 4 heteroatoms. The summed E-state index contributed by atoms with van der Waals surface area (Å²) in [5, 5.41) is 0. The average Bonchev–Trinajstić information content (AvgIpc) is 2.55. The van der Waals surface area contributed by atoms with Gasteiger partial charge in [0.15, 0.2) is 0 Å². The molecule has 134 valence electrons. The summed E-state index contributed by atoms with van der Waals surface area (Å²) in [6.07, 6.45) is 13.4. The molecule has 0 aliphatic rings. The van der Waals surface area contributed by atoms with Crippen LogP contribution in [0, 0.1) is 5.92 Å². The molecular weight excluding hydrogens is 278 g/mol. The fourth-order valence-electron chi connectivity index (χ4n) is 3.13. The van der Waals surface area contributed by atoms with Crippen molar-refractivity contribution in [2.75, 3.05) is 27.9 Å². The smallest absolute Gasteiger partial charge is 0.285 e. The second-order valence-corrected chi connectivity index (χ2v) is 6.11. The van der Waals surface area contributed by atoms with Crippen LogP contribution in [0.2, 0.25) is 0 Å². The Labute approximate surface area is 138 Å². The summed E-state index contributed by atoms with van der Waals surface area (Å²) >= 11 is 0. The molecule has 0 saturated heterocycles. The number of ether oxygens (including phenoxy) is 3. The van der Waals surface area contributed by atoms with Crippen LogP contribution in [-0.2, 0) is 14.2 Å². The van der Waals surface area contributed by atoms with E-state index in [0.717, 1.165) is 38.6 Å². The molecule has 1 atom stereocenters. The van der Waals surface area contributed by atoms with E-state index in [4.69, 9.17) is 19.9 Å². The minimum absolute atomic E-state index is 0.274. The summed E-state index contributed by atoms with van der Waals surface area (Å²) in [6, 6.07) is 0. The van der Waals surface area contributed by atoms with Crippen LogP contribution in [0.1, 0.15) is 77.6 Å². The molecule has 4 nitrogen and oxygen atoms in total. The summed E-state index contributed by atoms with van der Waals surface area (Å²) in [7, 11) is 5.00. The fourth-order valence-corrected chi connectivity index (χ4v) is 3.13. The molecule has 2 N–H and O–H groups in total. The molecule has 1 unspecified atom stereocenters. The third-order valence-corrected chi connectivity index (χ3v) is 4.52. The Morgan fingerprint density at radius 3 is 1.64 bits per heavy atom. The summed E-state index contributed by atoms with van der Waals surface area (Å²) in [5.74, 6) is -0.622. The highest BCUT2D eigenvalue weighted by Crippen LogP contribution is 2.32. The molecule has 0 aromatic rings. The molecule has 0 aliphatic carbocycles. The van der Waals surface area contributed by atoms with Gasteiger partial charge in [0.25, 0.3) is 5.97 Å². The van der Waals surface area contributed by atoms with E-state index in [2.05, 4.69) is 6.92 Å². The predicted octanol–water partition coefficient (Wildman–Crippen LogP) is 4.47. The van der Waals surface area contributed by atoms with Crippen LogP contribution in [0.4, 0.5) is 0 Å². The molecule has 0 heterocycles. The highest BCUT2D eigenvalue weighted by molar-refractivity contribution is 4.71. The molecule has 0 saturated carbocycles. The van der Waals surface area contributed by atoms with Crippen LogP contribution >= 0.6 is 0 Å². The van der Waals surface area contributed by atoms with Crippen LogP contribution in [0.5, 0.6) is 0 Å². The lowest BCUT2D eigenvalue weighted by molar-refractivity contribution is -0.380. The maximum absolute atomic E-state index is 5.58. The molecular formula is C18H39NO3. The van der Waals surface area contributed by atoms with E-state index < -0.39 is 5.97 Å². The maximum atomic E-state index is 5.58. The largest absolute Gasteiger partial charge is 0.331 e. The number of methoxy groups -OCH3 is 3. The van der Waals surface area contributed by atoms with Crippen LogP contribution in [0.3, 0.4) is 0 Å². The zero-order chi connectivity index (χ0) is 16.7. The Kier molecular flexibility index (Phi) is 14.3. The topological polar surface area (TPSA) is 53.7 Å².